The Labute approximate surface area is 184 Å². The lowest BCUT2D eigenvalue weighted by atomic mass is 9.96. The monoisotopic (exact) mass is 505 g/mol. The molecule has 1 heterocycles. The van der Waals surface area contributed by atoms with Crippen LogP contribution in [0.25, 0.3) is 0 Å². The number of guanidine groups is 1. The molecule has 1 aromatic rings. The highest BCUT2D eigenvalue weighted by molar-refractivity contribution is 14.0. The molecule has 6 nitrogen and oxygen atoms in total. The molecule has 158 valence electrons. The predicted molar refractivity (Wildman–Crippen MR) is 124 cm³/mol. The van der Waals surface area contributed by atoms with Crippen LogP contribution in [0.15, 0.2) is 29.3 Å². The van der Waals surface area contributed by atoms with Gasteiger partial charge in [-0.05, 0) is 31.0 Å². The first-order valence-electron chi connectivity index (χ1n) is 9.55. The number of hydrogen-bond acceptors (Lipinski definition) is 3. The van der Waals surface area contributed by atoms with Gasteiger partial charge in [0.2, 0.25) is 5.91 Å². The van der Waals surface area contributed by atoms with Gasteiger partial charge in [0, 0.05) is 50.4 Å². The SMILES string of the molecule is CN=C(NCCNC(=O)C(C)(C)C)NC1CCN(c2cccc(F)c2)CC1.I. The van der Waals surface area contributed by atoms with Crippen molar-refractivity contribution in [2.75, 3.05) is 38.1 Å². The van der Waals surface area contributed by atoms with Gasteiger partial charge in [0.15, 0.2) is 5.96 Å². The number of amides is 1. The normalized spacial score (nSPS) is 15.6. The van der Waals surface area contributed by atoms with Gasteiger partial charge >= 0.3 is 0 Å². The first kappa shape index (κ1) is 24.5. The minimum Gasteiger partial charge on any atom is -0.371 e. The number of anilines is 1. The molecule has 1 aliphatic heterocycles. The number of halogens is 2. The lowest BCUT2D eigenvalue weighted by Gasteiger charge is -2.34. The second-order valence-corrected chi connectivity index (χ2v) is 7.89. The third-order valence-electron chi connectivity index (χ3n) is 4.62. The number of hydrogen-bond donors (Lipinski definition) is 3. The summed E-state index contributed by atoms with van der Waals surface area (Å²) in [5, 5.41) is 9.58. The maximum Gasteiger partial charge on any atom is 0.225 e. The molecule has 0 aromatic heterocycles. The average Bonchev–Trinajstić information content (AvgIpc) is 2.63. The summed E-state index contributed by atoms with van der Waals surface area (Å²) in [5.74, 6) is 0.581. The van der Waals surface area contributed by atoms with E-state index in [4.69, 9.17) is 0 Å². The topological polar surface area (TPSA) is 68.8 Å². The fourth-order valence-corrected chi connectivity index (χ4v) is 2.96. The molecular formula is C20H33FIN5O. The molecule has 0 spiro atoms. The van der Waals surface area contributed by atoms with Crippen molar-refractivity contribution in [2.24, 2.45) is 10.4 Å². The summed E-state index contributed by atoms with van der Waals surface area (Å²) in [6.45, 7) is 8.60. The molecule has 1 fully saturated rings. The summed E-state index contributed by atoms with van der Waals surface area (Å²) in [5.41, 5.74) is 0.556. The second-order valence-electron chi connectivity index (χ2n) is 7.89. The van der Waals surface area contributed by atoms with Crippen molar-refractivity contribution in [2.45, 2.75) is 39.7 Å². The number of carbonyl (C=O) groups excluding carboxylic acids is 1. The van der Waals surface area contributed by atoms with Crippen LogP contribution < -0.4 is 20.9 Å². The minimum atomic E-state index is -0.379. The van der Waals surface area contributed by atoms with Gasteiger partial charge in [0.25, 0.3) is 0 Å². The third-order valence-corrected chi connectivity index (χ3v) is 4.62. The smallest absolute Gasteiger partial charge is 0.225 e. The quantitative estimate of drug-likeness (QED) is 0.249. The van der Waals surface area contributed by atoms with Crippen molar-refractivity contribution in [3.8, 4) is 0 Å². The van der Waals surface area contributed by atoms with Gasteiger partial charge < -0.3 is 20.9 Å². The van der Waals surface area contributed by atoms with E-state index in [1.165, 1.54) is 6.07 Å². The zero-order chi connectivity index (χ0) is 19.9. The molecule has 0 unspecified atom stereocenters. The van der Waals surface area contributed by atoms with E-state index in [2.05, 4.69) is 25.8 Å². The molecule has 0 aliphatic carbocycles. The zero-order valence-corrected chi connectivity index (χ0v) is 19.5. The number of nitrogens with one attached hydrogen (secondary N) is 3. The number of nitrogens with zero attached hydrogens (tertiary/aromatic N) is 2. The molecule has 0 saturated carbocycles. The Bertz CT molecular complexity index is 654. The Morgan fingerprint density at radius 2 is 1.86 bits per heavy atom. The number of rotatable bonds is 5. The predicted octanol–water partition coefficient (Wildman–Crippen LogP) is 2.74. The number of aliphatic imine (C=N–C) groups is 1. The van der Waals surface area contributed by atoms with E-state index >= 15 is 0 Å². The Balaban J connectivity index is 0.00000392. The lowest BCUT2D eigenvalue weighted by Crippen LogP contribution is -2.50. The Morgan fingerprint density at radius 1 is 1.21 bits per heavy atom. The summed E-state index contributed by atoms with van der Waals surface area (Å²) in [7, 11) is 1.74. The van der Waals surface area contributed by atoms with Crippen molar-refractivity contribution in [3.63, 3.8) is 0 Å². The van der Waals surface area contributed by atoms with Gasteiger partial charge in [0.05, 0.1) is 0 Å². The van der Waals surface area contributed by atoms with Gasteiger partial charge in [0.1, 0.15) is 5.82 Å². The lowest BCUT2D eigenvalue weighted by molar-refractivity contribution is -0.128. The second kappa shape index (κ2) is 11.4. The zero-order valence-electron chi connectivity index (χ0n) is 17.2. The number of benzene rings is 1. The van der Waals surface area contributed by atoms with Gasteiger partial charge in [-0.25, -0.2) is 4.39 Å². The van der Waals surface area contributed by atoms with Crippen molar-refractivity contribution in [3.05, 3.63) is 30.1 Å². The summed E-state index contributed by atoms with van der Waals surface area (Å²) >= 11 is 0. The number of carbonyl (C=O) groups is 1. The molecule has 2 rings (SSSR count). The van der Waals surface area contributed by atoms with Crippen LogP contribution in [0.5, 0.6) is 0 Å². The molecule has 1 saturated heterocycles. The maximum atomic E-state index is 13.4. The Hall–Kier alpha value is -1.58. The van der Waals surface area contributed by atoms with Crippen LogP contribution in [-0.4, -0.2) is 51.1 Å². The minimum absolute atomic E-state index is 0. The molecule has 0 atom stereocenters. The van der Waals surface area contributed by atoms with Crippen molar-refractivity contribution < 1.29 is 9.18 Å². The highest BCUT2D eigenvalue weighted by atomic mass is 127. The van der Waals surface area contributed by atoms with Crippen LogP contribution in [-0.2, 0) is 4.79 Å². The summed E-state index contributed by atoms with van der Waals surface area (Å²) < 4.78 is 13.4. The van der Waals surface area contributed by atoms with E-state index in [9.17, 15) is 9.18 Å². The van der Waals surface area contributed by atoms with Crippen LogP contribution in [0.4, 0.5) is 10.1 Å². The van der Waals surface area contributed by atoms with E-state index < -0.39 is 0 Å². The van der Waals surface area contributed by atoms with E-state index in [1.54, 1.807) is 19.2 Å². The van der Waals surface area contributed by atoms with E-state index in [0.29, 0.717) is 19.1 Å². The van der Waals surface area contributed by atoms with E-state index in [-0.39, 0.29) is 41.1 Å². The first-order valence-corrected chi connectivity index (χ1v) is 9.55. The van der Waals surface area contributed by atoms with Crippen molar-refractivity contribution in [1.29, 1.82) is 0 Å². The van der Waals surface area contributed by atoms with Crippen LogP contribution in [0, 0.1) is 11.2 Å². The fraction of sp³-hybridized carbons (Fsp3) is 0.600. The highest BCUT2D eigenvalue weighted by Crippen LogP contribution is 2.20. The van der Waals surface area contributed by atoms with Gasteiger partial charge in [-0.15, -0.1) is 24.0 Å². The maximum absolute atomic E-state index is 13.4. The van der Waals surface area contributed by atoms with Gasteiger partial charge in [-0.2, -0.15) is 0 Å². The van der Waals surface area contributed by atoms with Crippen LogP contribution in [0.3, 0.4) is 0 Å². The highest BCUT2D eigenvalue weighted by Gasteiger charge is 2.21. The molecule has 3 N–H and O–H groups in total. The Kier molecular flexibility index (Phi) is 9.98. The summed E-state index contributed by atoms with van der Waals surface area (Å²) in [6.07, 6.45) is 1.91. The largest absolute Gasteiger partial charge is 0.371 e. The number of piperidine rings is 1. The van der Waals surface area contributed by atoms with E-state index in [0.717, 1.165) is 37.6 Å². The van der Waals surface area contributed by atoms with Crippen LogP contribution >= 0.6 is 24.0 Å². The molecule has 1 aliphatic rings. The molecule has 0 radical (unpaired) electrons. The molecule has 28 heavy (non-hydrogen) atoms. The van der Waals surface area contributed by atoms with Crippen LogP contribution in [0.2, 0.25) is 0 Å². The Morgan fingerprint density at radius 3 is 2.43 bits per heavy atom. The summed E-state index contributed by atoms with van der Waals surface area (Å²) in [6, 6.07) is 7.07. The van der Waals surface area contributed by atoms with E-state index in [1.807, 2.05) is 26.8 Å². The van der Waals surface area contributed by atoms with Gasteiger partial charge in [-0.1, -0.05) is 26.8 Å². The third kappa shape index (κ3) is 7.81. The molecule has 1 amide bonds. The van der Waals surface area contributed by atoms with Crippen molar-refractivity contribution in [1.82, 2.24) is 16.0 Å². The summed E-state index contributed by atoms with van der Waals surface area (Å²) in [4.78, 5) is 18.3. The molecule has 8 heteroatoms. The molecule has 1 aromatic carbocycles. The molecular weight excluding hydrogens is 472 g/mol. The fourth-order valence-electron chi connectivity index (χ4n) is 2.96. The first-order chi connectivity index (χ1) is 12.8. The van der Waals surface area contributed by atoms with Gasteiger partial charge in [-0.3, -0.25) is 9.79 Å². The van der Waals surface area contributed by atoms with Crippen molar-refractivity contribution >= 4 is 41.5 Å². The average molecular weight is 505 g/mol. The standard InChI is InChI=1S/C20H32FN5O.HI/c1-20(2,3)18(27)23-10-11-24-19(22-4)25-16-8-12-26(13-9-16)17-7-5-6-15(21)14-17;/h5-7,14,16H,8-13H2,1-4H3,(H,23,27)(H2,22,24,25);1H. The molecule has 0 bridgehead atoms. The van der Waals surface area contributed by atoms with Crippen LogP contribution in [0.1, 0.15) is 33.6 Å².